The molecule has 5 atom stereocenters. The van der Waals surface area contributed by atoms with Crippen molar-refractivity contribution in [1.29, 1.82) is 0 Å². The summed E-state index contributed by atoms with van der Waals surface area (Å²) in [4.78, 5) is 0. The predicted octanol–water partition coefficient (Wildman–Crippen LogP) is 1.06. The molecular weight excluding hydrogens is 416 g/mol. The van der Waals surface area contributed by atoms with Crippen LogP contribution >= 0.6 is 0 Å². The Balaban J connectivity index is 2.62. The molecule has 0 amide bonds. The lowest BCUT2D eigenvalue weighted by atomic mass is 9.99. The molecule has 1 aliphatic heterocycles. The Morgan fingerprint density at radius 2 is 1.39 bits per heavy atom. The smallest absolute Gasteiger partial charge is 0.340 e. The summed E-state index contributed by atoms with van der Waals surface area (Å²) in [6.45, 7) is 14.7. The first-order valence-corrected chi connectivity index (χ1v) is 18.9. The minimum atomic E-state index is -2.46. The molecule has 0 aromatic heterocycles. The summed E-state index contributed by atoms with van der Waals surface area (Å²) < 4.78 is 23.6. The zero-order chi connectivity index (χ0) is 21.8. The van der Waals surface area contributed by atoms with Crippen LogP contribution in [0.2, 0.25) is 45.8 Å². The molecule has 0 spiro atoms. The average molecular weight is 455 g/mol. The Morgan fingerprint density at radius 3 is 1.86 bits per heavy atom. The molecule has 0 bridgehead atoms. The van der Waals surface area contributed by atoms with E-state index in [1.165, 1.54) is 0 Å². The van der Waals surface area contributed by atoms with Gasteiger partial charge < -0.3 is 38.1 Å². The lowest BCUT2D eigenvalue weighted by Gasteiger charge is -2.39. The van der Waals surface area contributed by atoms with Gasteiger partial charge in [-0.1, -0.05) is 6.08 Å². The first kappa shape index (κ1) is 26.1. The molecule has 1 fully saturated rings. The minimum Gasteiger partial charge on any atom is -0.434 e. The second-order valence-corrected chi connectivity index (χ2v) is 21.7. The summed E-state index contributed by atoms with van der Waals surface area (Å²) in [5.41, 5.74) is 2.03. The van der Waals surface area contributed by atoms with Gasteiger partial charge in [-0.25, -0.2) is 0 Å². The lowest BCUT2D eigenvalue weighted by Crippen LogP contribution is -2.59. The van der Waals surface area contributed by atoms with Crippen molar-refractivity contribution >= 4 is 25.2 Å². The third-order valence-corrected chi connectivity index (χ3v) is 12.8. The van der Waals surface area contributed by atoms with E-state index in [-0.39, 0.29) is 6.61 Å². The van der Waals surface area contributed by atoms with Crippen molar-refractivity contribution in [2.45, 2.75) is 83.0 Å². The van der Waals surface area contributed by atoms with Crippen LogP contribution in [-0.2, 0) is 17.7 Å². The van der Waals surface area contributed by atoms with Crippen LogP contribution in [0.15, 0.2) is 11.8 Å². The van der Waals surface area contributed by atoms with E-state index < -0.39 is 62.5 Å². The normalized spacial score (nSPS) is 30.2. The molecule has 1 rings (SSSR count). The van der Waals surface area contributed by atoms with Crippen LogP contribution in [0.5, 0.6) is 0 Å². The Hall–Kier alpha value is 0.0706. The highest BCUT2D eigenvalue weighted by Gasteiger charge is 2.44. The van der Waals surface area contributed by atoms with Crippen molar-refractivity contribution in [3.8, 4) is 0 Å². The van der Waals surface area contributed by atoms with E-state index in [1.807, 2.05) is 11.8 Å². The maximum Gasteiger partial charge on any atom is 0.340 e. The third kappa shape index (κ3) is 8.83. The van der Waals surface area contributed by atoms with E-state index in [0.29, 0.717) is 6.42 Å². The van der Waals surface area contributed by atoms with Gasteiger partial charge in [-0.15, -0.1) is 0 Å². The van der Waals surface area contributed by atoms with Gasteiger partial charge in [0.1, 0.15) is 24.4 Å². The summed E-state index contributed by atoms with van der Waals surface area (Å²) >= 11 is 0. The quantitative estimate of drug-likeness (QED) is 0.286. The van der Waals surface area contributed by atoms with Gasteiger partial charge in [-0.05, 0) is 57.9 Å². The van der Waals surface area contributed by atoms with Crippen molar-refractivity contribution < 1.29 is 38.1 Å². The molecule has 28 heavy (non-hydrogen) atoms. The number of rotatable bonds is 10. The zero-order valence-electron chi connectivity index (χ0n) is 18.1. The van der Waals surface area contributed by atoms with E-state index in [9.17, 15) is 20.4 Å². The molecule has 166 valence electrons. The third-order valence-electron chi connectivity index (χ3n) is 3.85. The van der Waals surface area contributed by atoms with Gasteiger partial charge in [0, 0.05) is 0 Å². The molecule has 1 saturated heterocycles. The van der Waals surface area contributed by atoms with E-state index in [0.717, 1.165) is 0 Å². The van der Waals surface area contributed by atoms with Crippen LogP contribution in [0.4, 0.5) is 0 Å². The van der Waals surface area contributed by atoms with Gasteiger partial charge in [0.2, 0.25) is 0 Å². The Bertz CT molecular complexity index is 488. The number of hydrogen-bond acceptors (Lipinski definition) is 8. The number of ether oxygens (including phenoxy) is 2. The van der Waals surface area contributed by atoms with Crippen LogP contribution in [0.3, 0.4) is 0 Å². The van der Waals surface area contributed by atoms with Crippen molar-refractivity contribution in [1.82, 2.24) is 0 Å². The van der Waals surface area contributed by atoms with Gasteiger partial charge in [-0.2, -0.15) is 0 Å². The van der Waals surface area contributed by atoms with E-state index in [4.69, 9.17) is 17.7 Å². The second-order valence-electron chi connectivity index (χ2n) is 9.20. The van der Waals surface area contributed by atoms with Crippen molar-refractivity contribution in [3.63, 3.8) is 0 Å². The average Bonchev–Trinajstić information content (AvgIpc) is 2.50. The standard InChI is InChI=1S/C17H38O8Si3/c1-26(2,3)24-28(7,25-27(4,5)6)11-9-8-10-22-17-16(21)15(20)14(19)13(12-18)23-17/h9,11,13-21H,8,10,12H2,1-7H3/t13-,14-,15+,16-,17-/m1/s1. The Kier molecular flexibility index (Phi) is 9.69. The minimum absolute atomic E-state index is 0.240. The molecule has 0 aromatic carbocycles. The molecule has 1 aliphatic rings. The molecule has 0 aromatic rings. The monoisotopic (exact) mass is 454 g/mol. The first-order valence-electron chi connectivity index (χ1n) is 9.67. The molecule has 0 aliphatic carbocycles. The molecule has 0 unspecified atom stereocenters. The molecule has 8 nitrogen and oxygen atoms in total. The SMILES string of the molecule is C[Si](C)(C)O[Si](C)(C=CCCO[C@@H]1O[C@H](CO)[C@@H](O)[C@H](O)[C@H]1O)O[Si](C)(C)C. The fourth-order valence-corrected chi connectivity index (χ4v) is 14.5. The van der Waals surface area contributed by atoms with Gasteiger partial charge in [-0.3, -0.25) is 0 Å². The molecule has 11 heteroatoms. The van der Waals surface area contributed by atoms with Gasteiger partial charge in [0.25, 0.3) is 0 Å². The highest BCUT2D eigenvalue weighted by atomic mass is 28.5. The number of aliphatic hydroxyl groups excluding tert-OH is 4. The molecule has 1 heterocycles. The van der Waals surface area contributed by atoms with Crippen molar-refractivity contribution in [3.05, 3.63) is 11.8 Å². The number of hydrogen-bond donors (Lipinski definition) is 4. The van der Waals surface area contributed by atoms with Gasteiger partial charge in [0.15, 0.2) is 22.9 Å². The van der Waals surface area contributed by atoms with Crippen LogP contribution in [-0.4, -0.2) is 89.5 Å². The first-order chi connectivity index (χ1) is 12.7. The molecule has 0 saturated carbocycles. The predicted molar refractivity (Wildman–Crippen MR) is 114 cm³/mol. The van der Waals surface area contributed by atoms with Crippen LogP contribution < -0.4 is 0 Å². The second kappa shape index (κ2) is 10.4. The highest BCUT2D eigenvalue weighted by molar-refractivity contribution is 6.89. The summed E-state index contributed by atoms with van der Waals surface area (Å²) in [6, 6.07) is 0. The van der Waals surface area contributed by atoms with E-state index >= 15 is 0 Å². The zero-order valence-corrected chi connectivity index (χ0v) is 21.1. The summed E-state index contributed by atoms with van der Waals surface area (Å²) in [7, 11) is -6.01. The van der Waals surface area contributed by atoms with Crippen molar-refractivity contribution in [2.24, 2.45) is 0 Å². The fraction of sp³-hybridized carbons (Fsp3) is 0.882. The maximum atomic E-state index is 9.98. The summed E-state index contributed by atoms with van der Waals surface area (Å²) in [6.07, 6.45) is -3.78. The topological polar surface area (TPSA) is 118 Å². The van der Waals surface area contributed by atoms with Crippen LogP contribution in [0.1, 0.15) is 6.42 Å². The Morgan fingerprint density at radius 1 is 0.857 bits per heavy atom. The number of aliphatic hydroxyl groups is 4. The van der Waals surface area contributed by atoms with E-state index in [2.05, 4.69) is 45.8 Å². The lowest BCUT2D eigenvalue weighted by molar-refractivity contribution is -0.300. The molecular formula is C17H38O8Si3. The highest BCUT2D eigenvalue weighted by Crippen LogP contribution is 2.23. The summed E-state index contributed by atoms with van der Waals surface area (Å²) in [5, 5.41) is 38.8. The summed E-state index contributed by atoms with van der Waals surface area (Å²) in [5.74, 6) is 0. The largest absolute Gasteiger partial charge is 0.434 e. The molecule has 0 radical (unpaired) electrons. The fourth-order valence-electron chi connectivity index (χ4n) is 3.06. The van der Waals surface area contributed by atoms with Gasteiger partial charge in [0.05, 0.1) is 13.2 Å². The van der Waals surface area contributed by atoms with Crippen molar-refractivity contribution in [2.75, 3.05) is 13.2 Å². The maximum absolute atomic E-state index is 9.98. The van der Waals surface area contributed by atoms with Gasteiger partial charge >= 0.3 is 8.56 Å². The molecule has 4 N–H and O–H groups in total. The van der Waals surface area contributed by atoms with Crippen LogP contribution in [0, 0.1) is 0 Å². The van der Waals surface area contributed by atoms with E-state index in [1.54, 1.807) is 0 Å². The Labute approximate surface area is 171 Å². The van der Waals surface area contributed by atoms with Crippen LogP contribution in [0.25, 0.3) is 0 Å².